The van der Waals surface area contributed by atoms with Gasteiger partial charge in [-0.05, 0) is 25.1 Å². The van der Waals surface area contributed by atoms with E-state index < -0.39 is 11.5 Å². The van der Waals surface area contributed by atoms with Gasteiger partial charge in [0.1, 0.15) is 5.75 Å². The highest BCUT2D eigenvalue weighted by atomic mass is 16.5. The van der Waals surface area contributed by atoms with Crippen LogP contribution >= 0.6 is 0 Å². The van der Waals surface area contributed by atoms with Crippen molar-refractivity contribution >= 4 is 11.6 Å². The Hall–Kier alpha value is -1.55. The van der Waals surface area contributed by atoms with E-state index in [9.17, 15) is 9.90 Å². The van der Waals surface area contributed by atoms with Crippen molar-refractivity contribution in [1.29, 1.82) is 0 Å². The topological polar surface area (TPSA) is 58.6 Å². The summed E-state index contributed by atoms with van der Waals surface area (Å²) in [5.74, 6) is 0.223. The van der Waals surface area contributed by atoms with Crippen molar-refractivity contribution in [3.8, 4) is 5.75 Å². The standard InChI is InChI=1S/C10H11NO3/c1-10(13)7-5-6(14-2)3-4-8(7)11-9(10)12/h3-5,13H,1-2H3,(H,11,12). The Labute approximate surface area is 81.5 Å². The Morgan fingerprint density at radius 2 is 2.21 bits per heavy atom. The second-order valence-electron chi connectivity index (χ2n) is 3.44. The summed E-state index contributed by atoms with van der Waals surface area (Å²) >= 11 is 0. The Balaban J connectivity index is 2.56. The van der Waals surface area contributed by atoms with Crippen LogP contribution in [0.5, 0.6) is 5.75 Å². The van der Waals surface area contributed by atoms with Gasteiger partial charge in [0.05, 0.1) is 7.11 Å². The van der Waals surface area contributed by atoms with E-state index in [1.165, 1.54) is 6.92 Å². The molecule has 0 radical (unpaired) electrons. The lowest BCUT2D eigenvalue weighted by atomic mass is 9.98. The molecule has 0 saturated carbocycles. The van der Waals surface area contributed by atoms with E-state index in [2.05, 4.69) is 5.32 Å². The van der Waals surface area contributed by atoms with Gasteiger partial charge >= 0.3 is 0 Å². The number of nitrogens with one attached hydrogen (secondary N) is 1. The van der Waals surface area contributed by atoms with Gasteiger partial charge in [-0.25, -0.2) is 0 Å². The predicted octanol–water partition coefficient (Wildman–Crippen LogP) is 0.855. The van der Waals surface area contributed by atoms with Crippen LogP contribution in [0.25, 0.3) is 0 Å². The molecule has 4 heteroatoms. The van der Waals surface area contributed by atoms with Crippen LogP contribution in [-0.2, 0) is 10.4 Å². The second kappa shape index (κ2) is 2.72. The van der Waals surface area contributed by atoms with Crippen molar-refractivity contribution in [2.24, 2.45) is 0 Å². The number of ether oxygens (including phenoxy) is 1. The lowest BCUT2D eigenvalue weighted by Crippen LogP contribution is -2.30. The fraction of sp³-hybridized carbons (Fsp3) is 0.300. The Morgan fingerprint density at radius 3 is 2.86 bits per heavy atom. The van der Waals surface area contributed by atoms with Gasteiger partial charge in [0.2, 0.25) is 0 Å². The Morgan fingerprint density at radius 1 is 1.50 bits per heavy atom. The molecule has 0 bridgehead atoms. The third-order valence-electron chi connectivity index (χ3n) is 2.44. The quantitative estimate of drug-likeness (QED) is 0.695. The molecule has 0 aromatic heterocycles. The van der Waals surface area contributed by atoms with E-state index in [0.717, 1.165) is 0 Å². The summed E-state index contributed by atoms with van der Waals surface area (Å²) in [6.45, 7) is 1.47. The summed E-state index contributed by atoms with van der Waals surface area (Å²) in [5, 5.41) is 12.5. The first-order valence-electron chi connectivity index (χ1n) is 4.28. The summed E-state index contributed by atoms with van der Waals surface area (Å²) in [4.78, 5) is 11.4. The summed E-state index contributed by atoms with van der Waals surface area (Å²) in [7, 11) is 1.54. The summed E-state index contributed by atoms with van der Waals surface area (Å²) in [6, 6.07) is 5.11. The molecule has 1 amide bonds. The summed E-state index contributed by atoms with van der Waals surface area (Å²) in [5.41, 5.74) is -0.258. The molecule has 0 saturated heterocycles. The summed E-state index contributed by atoms with van der Waals surface area (Å²) < 4.78 is 5.02. The molecule has 14 heavy (non-hydrogen) atoms. The molecular formula is C10H11NO3. The van der Waals surface area contributed by atoms with E-state index in [-0.39, 0.29) is 0 Å². The van der Waals surface area contributed by atoms with Crippen LogP contribution in [0.1, 0.15) is 12.5 Å². The number of aliphatic hydroxyl groups is 1. The second-order valence-corrected chi connectivity index (χ2v) is 3.44. The molecule has 1 heterocycles. The third-order valence-corrected chi connectivity index (χ3v) is 2.44. The number of anilines is 1. The Bertz CT molecular complexity index is 398. The maximum absolute atomic E-state index is 11.4. The van der Waals surface area contributed by atoms with Gasteiger partial charge < -0.3 is 15.2 Å². The van der Waals surface area contributed by atoms with Crippen molar-refractivity contribution in [3.05, 3.63) is 23.8 Å². The smallest absolute Gasteiger partial charge is 0.260 e. The predicted molar refractivity (Wildman–Crippen MR) is 51.2 cm³/mol. The van der Waals surface area contributed by atoms with Crippen LogP contribution in [0, 0.1) is 0 Å². The molecule has 1 aromatic rings. The molecule has 0 aliphatic carbocycles. The molecule has 2 N–H and O–H groups in total. The molecule has 1 unspecified atom stereocenters. The SMILES string of the molecule is COc1ccc2c(c1)C(C)(O)C(=O)N2. The number of benzene rings is 1. The van der Waals surface area contributed by atoms with E-state index in [1.54, 1.807) is 25.3 Å². The zero-order chi connectivity index (χ0) is 10.3. The lowest BCUT2D eigenvalue weighted by molar-refractivity contribution is -0.131. The monoisotopic (exact) mass is 193 g/mol. The summed E-state index contributed by atoms with van der Waals surface area (Å²) in [6.07, 6.45) is 0. The number of methoxy groups -OCH3 is 1. The van der Waals surface area contributed by atoms with Gasteiger partial charge in [-0.3, -0.25) is 4.79 Å². The van der Waals surface area contributed by atoms with E-state index in [0.29, 0.717) is 17.0 Å². The van der Waals surface area contributed by atoms with E-state index in [4.69, 9.17) is 4.74 Å². The number of hydrogen-bond acceptors (Lipinski definition) is 3. The normalized spacial score (nSPS) is 24.4. The van der Waals surface area contributed by atoms with Gasteiger partial charge in [-0.2, -0.15) is 0 Å². The minimum atomic E-state index is -1.45. The molecule has 1 atom stereocenters. The molecule has 74 valence electrons. The third kappa shape index (κ3) is 1.08. The molecule has 1 aliphatic rings. The van der Waals surface area contributed by atoms with Gasteiger partial charge in [0.25, 0.3) is 5.91 Å². The molecule has 1 aromatic carbocycles. The Kier molecular flexibility index (Phi) is 1.75. The minimum Gasteiger partial charge on any atom is -0.497 e. The van der Waals surface area contributed by atoms with Crippen molar-refractivity contribution in [2.45, 2.75) is 12.5 Å². The fourth-order valence-corrected chi connectivity index (χ4v) is 1.53. The average Bonchev–Trinajstić information content (AvgIpc) is 2.38. The lowest BCUT2D eigenvalue weighted by Gasteiger charge is -2.14. The zero-order valence-corrected chi connectivity index (χ0v) is 8.00. The van der Waals surface area contributed by atoms with Crippen molar-refractivity contribution in [2.75, 3.05) is 12.4 Å². The highest BCUT2D eigenvalue weighted by Gasteiger charge is 2.40. The van der Waals surface area contributed by atoms with Gasteiger partial charge in [-0.1, -0.05) is 0 Å². The van der Waals surface area contributed by atoms with Crippen LogP contribution in [0.4, 0.5) is 5.69 Å². The van der Waals surface area contributed by atoms with Crippen LogP contribution in [-0.4, -0.2) is 18.1 Å². The van der Waals surface area contributed by atoms with Crippen LogP contribution in [0.3, 0.4) is 0 Å². The van der Waals surface area contributed by atoms with Gasteiger partial charge in [-0.15, -0.1) is 0 Å². The van der Waals surface area contributed by atoms with Crippen LogP contribution in [0.2, 0.25) is 0 Å². The number of rotatable bonds is 1. The first-order chi connectivity index (χ1) is 6.55. The number of fused-ring (bicyclic) bond motifs is 1. The molecular weight excluding hydrogens is 182 g/mol. The molecule has 1 aliphatic heterocycles. The first-order valence-corrected chi connectivity index (χ1v) is 4.28. The van der Waals surface area contributed by atoms with Crippen LogP contribution in [0.15, 0.2) is 18.2 Å². The number of carbonyl (C=O) groups excluding carboxylic acids is 1. The van der Waals surface area contributed by atoms with Crippen LogP contribution < -0.4 is 10.1 Å². The maximum atomic E-state index is 11.4. The number of hydrogen-bond donors (Lipinski definition) is 2. The maximum Gasteiger partial charge on any atom is 0.260 e. The highest BCUT2D eigenvalue weighted by Crippen LogP contribution is 2.37. The minimum absolute atomic E-state index is 0.402. The highest BCUT2D eigenvalue weighted by molar-refractivity contribution is 6.04. The van der Waals surface area contributed by atoms with Crippen molar-refractivity contribution in [1.82, 2.24) is 0 Å². The van der Waals surface area contributed by atoms with E-state index in [1.807, 2.05) is 0 Å². The molecule has 0 fully saturated rings. The zero-order valence-electron chi connectivity index (χ0n) is 8.00. The van der Waals surface area contributed by atoms with Crippen molar-refractivity contribution in [3.63, 3.8) is 0 Å². The van der Waals surface area contributed by atoms with Crippen molar-refractivity contribution < 1.29 is 14.6 Å². The molecule has 4 nitrogen and oxygen atoms in total. The largest absolute Gasteiger partial charge is 0.497 e. The average molecular weight is 193 g/mol. The van der Waals surface area contributed by atoms with E-state index >= 15 is 0 Å². The molecule has 0 spiro atoms. The van der Waals surface area contributed by atoms with Gasteiger partial charge in [0.15, 0.2) is 5.60 Å². The number of carbonyl (C=O) groups is 1. The van der Waals surface area contributed by atoms with Gasteiger partial charge in [0, 0.05) is 11.3 Å². The fourth-order valence-electron chi connectivity index (χ4n) is 1.53. The first kappa shape index (κ1) is 9.02. The number of amides is 1. The molecule has 2 rings (SSSR count).